The number of rotatable bonds is 6. The first-order valence-electron chi connectivity index (χ1n) is 7.50. The standard InChI is InChI=1S/C18H19F2NO3/c1-11(21)18(22)23-12(2)17(13-3-5-14(19)6-4-13)24-16-9-7-15(20)8-10-16/h3-12,17H,21H2,1-2H3/t11-,12-,17?/m0/s1. The molecule has 0 bridgehead atoms. The summed E-state index contributed by atoms with van der Waals surface area (Å²) in [6.45, 7) is 3.17. The van der Waals surface area contributed by atoms with Crippen LogP contribution in [0, 0.1) is 11.6 Å². The Morgan fingerprint density at radius 3 is 1.96 bits per heavy atom. The molecule has 1 unspecified atom stereocenters. The fraction of sp³-hybridized carbons (Fsp3) is 0.278. The molecule has 3 atom stereocenters. The van der Waals surface area contributed by atoms with Crippen LogP contribution in [-0.4, -0.2) is 18.1 Å². The number of benzene rings is 2. The highest BCUT2D eigenvalue weighted by Crippen LogP contribution is 2.27. The van der Waals surface area contributed by atoms with Crippen LogP contribution < -0.4 is 10.5 Å². The minimum atomic E-state index is -0.771. The van der Waals surface area contributed by atoms with Crippen molar-refractivity contribution in [3.8, 4) is 5.75 Å². The van der Waals surface area contributed by atoms with Crippen LogP contribution in [0.15, 0.2) is 48.5 Å². The van der Waals surface area contributed by atoms with Crippen LogP contribution in [0.25, 0.3) is 0 Å². The zero-order chi connectivity index (χ0) is 17.7. The van der Waals surface area contributed by atoms with E-state index in [4.69, 9.17) is 15.2 Å². The van der Waals surface area contributed by atoms with Gasteiger partial charge in [0, 0.05) is 0 Å². The molecule has 0 saturated heterocycles. The van der Waals surface area contributed by atoms with Gasteiger partial charge in [0.05, 0.1) is 0 Å². The van der Waals surface area contributed by atoms with E-state index in [1.165, 1.54) is 43.3 Å². The van der Waals surface area contributed by atoms with E-state index in [9.17, 15) is 13.6 Å². The molecule has 0 amide bonds. The van der Waals surface area contributed by atoms with Crippen molar-refractivity contribution in [3.63, 3.8) is 0 Å². The average molecular weight is 335 g/mol. The Labute approximate surface area is 139 Å². The van der Waals surface area contributed by atoms with Crippen molar-refractivity contribution < 1.29 is 23.0 Å². The number of halogens is 2. The molecule has 0 radical (unpaired) electrons. The smallest absolute Gasteiger partial charge is 0.323 e. The first-order chi connectivity index (χ1) is 11.4. The largest absolute Gasteiger partial charge is 0.482 e. The molecular weight excluding hydrogens is 316 g/mol. The molecule has 2 rings (SSSR count). The molecule has 0 heterocycles. The molecular formula is C18H19F2NO3. The molecule has 2 N–H and O–H groups in total. The Morgan fingerprint density at radius 1 is 0.958 bits per heavy atom. The van der Waals surface area contributed by atoms with Crippen molar-refractivity contribution in [1.29, 1.82) is 0 Å². The third kappa shape index (κ3) is 4.76. The van der Waals surface area contributed by atoms with Crippen LogP contribution >= 0.6 is 0 Å². The number of carbonyl (C=O) groups is 1. The first kappa shape index (κ1) is 17.9. The summed E-state index contributed by atoms with van der Waals surface area (Å²) in [4.78, 5) is 11.7. The van der Waals surface area contributed by atoms with Crippen molar-refractivity contribution >= 4 is 5.97 Å². The molecule has 2 aromatic carbocycles. The molecule has 0 aromatic heterocycles. The van der Waals surface area contributed by atoms with Gasteiger partial charge in [0.15, 0.2) is 6.10 Å². The van der Waals surface area contributed by atoms with Crippen LogP contribution in [-0.2, 0) is 9.53 Å². The van der Waals surface area contributed by atoms with Gasteiger partial charge in [0.25, 0.3) is 0 Å². The number of hydrogen-bond donors (Lipinski definition) is 1. The molecule has 0 fully saturated rings. The maximum atomic E-state index is 13.2. The van der Waals surface area contributed by atoms with Gasteiger partial charge in [-0.2, -0.15) is 0 Å². The van der Waals surface area contributed by atoms with Crippen LogP contribution in [0.3, 0.4) is 0 Å². The van der Waals surface area contributed by atoms with Gasteiger partial charge in [-0.3, -0.25) is 4.79 Å². The van der Waals surface area contributed by atoms with Gasteiger partial charge in [0.2, 0.25) is 0 Å². The molecule has 4 nitrogen and oxygen atoms in total. The zero-order valence-corrected chi connectivity index (χ0v) is 13.4. The number of nitrogens with two attached hydrogens (primary N) is 1. The molecule has 0 aliphatic rings. The Morgan fingerprint density at radius 2 is 1.46 bits per heavy atom. The van der Waals surface area contributed by atoms with Gasteiger partial charge in [-0.25, -0.2) is 8.78 Å². The number of hydrogen-bond acceptors (Lipinski definition) is 4. The fourth-order valence-corrected chi connectivity index (χ4v) is 2.10. The van der Waals surface area contributed by atoms with Crippen molar-refractivity contribution in [1.82, 2.24) is 0 Å². The number of esters is 1. The topological polar surface area (TPSA) is 61.6 Å². The van der Waals surface area contributed by atoms with Crippen LogP contribution in [0.4, 0.5) is 8.78 Å². The van der Waals surface area contributed by atoms with Gasteiger partial charge in [-0.1, -0.05) is 12.1 Å². The van der Waals surface area contributed by atoms with Crippen molar-refractivity contribution in [2.45, 2.75) is 32.1 Å². The highest BCUT2D eigenvalue weighted by atomic mass is 19.1. The quantitative estimate of drug-likeness (QED) is 0.822. The van der Waals surface area contributed by atoms with E-state index in [1.807, 2.05) is 0 Å². The predicted molar refractivity (Wildman–Crippen MR) is 85.4 cm³/mol. The Kier molecular flexibility index (Phi) is 5.87. The summed E-state index contributed by atoms with van der Waals surface area (Å²) in [5.41, 5.74) is 6.12. The third-order valence-electron chi connectivity index (χ3n) is 3.38. The summed E-state index contributed by atoms with van der Waals surface area (Å²) < 4.78 is 37.3. The second kappa shape index (κ2) is 7.88. The highest BCUT2D eigenvalue weighted by Gasteiger charge is 2.26. The number of carbonyl (C=O) groups excluding carboxylic acids is 1. The summed E-state index contributed by atoms with van der Waals surface area (Å²) in [7, 11) is 0. The lowest BCUT2D eigenvalue weighted by molar-refractivity contribution is -0.154. The van der Waals surface area contributed by atoms with Gasteiger partial charge >= 0.3 is 5.97 Å². The monoisotopic (exact) mass is 335 g/mol. The van der Waals surface area contributed by atoms with Gasteiger partial charge < -0.3 is 15.2 Å². The highest BCUT2D eigenvalue weighted by molar-refractivity contribution is 5.75. The van der Waals surface area contributed by atoms with E-state index in [-0.39, 0.29) is 5.82 Å². The number of ether oxygens (including phenoxy) is 2. The predicted octanol–water partition coefficient (Wildman–Crippen LogP) is 3.36. The summed E-state index contributed by atoms with van der Waals surface area (Å²) in [5, 5.41) is 0. The summed E-state index contributed by atoms with van der Waals surface area (Å²) in [6.07, 6.45) is -1.38. The normalized spacial score (nSPS) is 14.5. The molecule has 0 aliphatic carbocycles. The SMILES string of the molecule is C[C@H](N)C(=O)O[C@@H](C)C(Oc1ccc(F)cc1)c1ccc(F)cc1. The van der Waals surface area contributed by atoms with E-state index in [0.29, 0.717) is 11.3 Å². The van der Waals surface area contributed by atoms with Crippen LogP contribution in [0.2, 0.25) is 0 Å². The molecule has 24 heavy (non-hydrogen) atoms. The summed E-state index contributed by atoms with van der Waals surface area (Å²) in [5.74, 6) is -0.955. The van der Waals surface area contributed by atoms with Crippen molar-refractivity contribution in [2.75, 3.05) is 0 Å². The summed E-state index contributed by atoms with van der Waals surface area (Å²) >= 11 is 0. The Bertz CT molecular complexity index is 672. The first-order valence-corrected chi connectivity index (χ1v) is 7.50. The van der Waals surface area contributed by atoms with Crippen molar-refractivity contribution in [3.05, 3.63) is 65.7 Å². The second-order valence-corrected chi connectivity index (χ2v) is 5.47. The third-order valence-corrected chi connectivity index (χ3v) is 3.38. The van der Waals surface area contributed by atoms with Crippen molar-refractivity contribution in [2.24, 2.45) is 5.73 Å². The van der Waals surface area contributed by atoms with E-state index >= 15 is 0 Å². The molecule has 0 spiro atoms. The molecule has 2 aromatic rings. The zero-order valence-electron chi connectivity index (χ0n) is 13.4. The average Bonchev–Trinajstić information content (AvgIpc) is 2.55. The van der Waals surface area contributed by atoms with E-state index in [1.54, 1.807) is 19.1 Å². The van der Waals surface area contributed by atoms with Gasteiger partial charge in [-0.05, 0) is 55.8 Å². The minimum absolute atomic E-state index is 0.389. The molecule has 6 heteroatoms. The summed E-state index contributed by atoms with van der Waals surface area (Å²) in [6, 6.07) is 10.3. The molecule has 128 valence electrons. The maximum Gasteiger partial charge on any atom is 0.323 e. The van der Waals surface area contributed by atoms with E-state index in [2.05, 4.69) is 0 Å². The minimum Gasteiger partial charge on any atom is -0.482 e. The lowest BCUT2D eigenvalue weighted by Gasteiger charge is -2.26. The molecule has 0 aliphatic heterocycles. The second-order valence-electron chi connectivity index (χ2n) is 5.47. The lowest BCUT2D eigenvalue weighted by atomic mass is 10.0. The fourth-order valence-electron chi connectivity index (χ4n) is 2.10. The lowest BCUT2D eigenvalue weighted by Crippen LogP contribution is -2.34. The molecule has 0 saturated carbocycles. The van der Waals surface area contributed by atoms with Crippen LogP contribution in [0.1, 0.15) is 25.5 Å². The Hall–Kier alpha value is -2.47. The Balaban J connectivity index is 2.24. The van der Waals surface area contributed by atoms with Gasteiger partial charge in [0.1, 0.15) is 29.5 Å². The van der Waals surface area contributed by atoms with Crippen LogP contribution in [0.5, 0.6) is 5.75 Å². The van der Waals surface area contributed by atoms with E-state index < -0.39 is 30.0 Å². The maximum absolute atomic E-state index is 13.2. The van der Waals surface area contributed by atoms with E-state index in [0.717, 1.165) is 0 Å². The van der Waals surface area contributed by atoms with Gasteiger partial charge in [-0.15, -0.1) is 0 Å².